The maximum Gasteiger partial charge on any atom is 0.410 e. The van der Waals surface area contributed by atoms with Crippen molar-refractivity contribution >= 4 is 80.1 Å². The Hall–Kier alpha value is -9.59. The highest BCUT2D eigenvalue weighted by molar-refractivity contribution is 7.22. The maximum absolute atomic E-state index is 14.2. The van der Waals surface area contributed by atoms with Gasteiger partial charge < -0.3 is 73.6 Å². The van der Waals surface area contributed by atoms with Gasteiger partial charge in [-0.15, -0.1) is 0 Å². The van der Waals surface area contributed by atoms with Gasteiger partial charge in [0.25, 0.3) is 17.7 Å². The van der Waals surface area contributed by atoms with Crippen molar-refractivity contribution < 1.29 is 91.6 Å². The van der Waals surface area contributed by atoms with Crippen LogP contribution in [-0.4, -0.2) is 203 Å². The van der Waals surface area contributed by atoms with E-state index in [0.717, 1.165) is 69.8 Å². The first-order valence-corrected chi connectivity index (χ1v) is 36.1. The Morgan fingerprint density at radius 2 is 1.56 bits per heavy atom. The molecule has 3 aromatic heterocycles. The zero-order valence-corrected chi connectivity index (χ0v) is 61.0. The van der Waals surface area contributed by atoms with Gasteiger partial charge in [0.15, 0.2) is 16.9 Å². The number of amides is 6. The molecule has 6 amide bonds. The number of para-hydroxylation sites is 1. The average Bonchev–Trinajstić information content (AvgIpc) is 1.05. The van der Waals surface area contributed by atoms with Gasteiger partial charge >= 0.3 is 18.0 Å². The molecule has 6 heterocycles. The number of fused-ring (bicyclic) bond motifs is 4. The van der Waals surface area contributed by atoms with Crippen molar-refractivity contribution in [2.75, 3.05) is 96.7 Å². The molecule has 3 aliphatic heterocycles. The van der Waals surface area contributed by atoms with E-state index in [4.69, 9.17) is 48.0 Å². The molecule has 3 fully saturated rings. The lowest BCUT2D eigenvalue weighted by atomic mass is 9.48. The molecule has 3 unspecified atom stereocenters. The quantitative estimate of drug-likeness (QED) is 0.0167. The molecule has 2 saturated carbocycles. The Kier molecular flexibility index (Phi) is 24.2. The third-order valence-corrected chi connectivity index (χ3v) is 20.7. The lowest BCUT2D eigenvalue weighted by molar-refractivity contribution is -0.195. The van der Waals surface area contributed by atoms with E-state index in [9.17, 15) is 53.7 Å². The van der Waals surface area contributed by atoms with Gasteiger partial charge in [-0.05, 0) is 116 Å². The number of ether oxygens (including phenoxy) is 8. The third kappa shape index (κ3) is 19.1. The van der Waals surface area contributed by atoms with Crippen molar-refractivity contribution in [1.82, 2.24) is 40.2 Å². The number of aliphatic hydroxyl groups excluding tert-OH is 1. The fourth-order valence-electron chi connectivity index (χ4n) is 16.1. The molecule has 5 aliphatic rings. The SMILES string of the molecule is COCCN(CCOC12CC(C)(C)CC(C)(CC(C)(Cn3ncc(-c4ccc(N5CCc6c(OC)ccc(C(=O)Nc7nc8ccccc8s7)c6C5)nc4C(=O)O)c3C)C1)C2)C(=O)OCc1ccc(O[C@H]2C[C@@H](O)C[C@@H](C(=O)O)O2)cc1OCCOCCNC(=O)CCNC(=O)CCN1C(=O)C=CC1=O. The predicted molar refractivity (Wildman–Crippen MR) is 384 cm³/mol. The molecule has 1 saturated heterocycles. The Labute approximate surface area is 611 Å². The number of aromatic nitrogens is 4. The summed E-state index contributed by atoms with van der Waals surface area (Å²) in [4.78, 5) is 115. The first kappa shape index (κ1) is 76.5. The predicted octanol–water partition coefficient (Wildman–Crippen LogP) is 8.10. The molecule has 2 bridgehead atoms. The Morgan fingerprint density at radius 1 is 0.790 bits per heavy atom. The smallest absolute Gasteiger partial charge is 0.410 e. The molecule has 30 heteroatoms. The number of imide groups is 1. The number of hydrogen-bond acceptors (Lipinski definition) is 22. The molecule has 29 nitrogen and oxygen atoms in total. The van der Waals surface area contributed by atoms with Gasteiger partial charge in [0.05, 0.1) is 61.7 Å². The highest BCUT2D eigenvalue weighted by atomic mass is 32.1. The van der Waals surface area contributed by atoms with E-state index in [1.54, 1.807) is 50.7 Å². The summed E-state index contributed by atoms with van der Waals surface area (Å²) in [5.74, 6) is -2.90. The largest absolute Gasteiger partial charge is 0.496 e. The number of aliphatic carboxylic acids is 1. The summed E-state index contributed by atoms with van der Waals surface area (Å²) < 4.78 is 50.9. The normalized spacial score (nSPS) is 21.7. The van der Waals surface area contributed by atoms with Crippen LogP contribution in [-0.2, 0) is 73.8 Å². The minimum atomic E-state index is -1.28. The number of carbonyl (C=O) groups is 8. The minimum absolute atomic E-state index is 0.000489. The van der Waals surface area contributed by atoms with Gasteiger partial charge in [-0.25, -0.2) is 24.4 Å². The summed E-state index contributed by atoms with van der Waals surface area (Å²) >= 11 is 1.39. The zero-order chi connectivity index (χ0) is 74.8. The van der Waals surface area contributed by atoms with Crippen LogP contribution in [0, 0.1) is 23.2 Å². The number of methoxy groups -OCH3 is 2. The number of aromatic carboxylic acids is 1. The van der Waals surface area contributed by atoms with Crippen LogP contribution >= 0.6 is 11.3 Å². The maximum atomic E-state index is 14.2. The number of thiazole rings is 1. The Balaban J connectivity index is 0.712. The van der Waals surface area contributed by atoms with Crippen molar-refractivity contribution in [3.05, 3.63) is 119 Å². The summed E-state index contributed by atoms with van der Waals surface area (Å²) in [6.07, 6.45) is 4.38. The summed E-state index contributed by atoms with van der Waals surface area (Å²) in [6, 6.07) is 19.6. The lowest BCUT2D eigenvalue weighted by Gasteiger charge is -2.61. The second-order valence-electron chi connectivity index (χ2n) is 29.0. The second-order valence-corrected chi connectivity index (χ2v) is 30.1. The molecule has 0 spiro atoms. The van der Waals surface area contributed by atoms with Crippen LogP contribution in [0.3, 0.4) is 0 Å². The van der Waals surface area contributed by atoms with E-state index in [1.165, 1.54) is 22.3 Å². The lowest BCUT2D eigenvalue weighted by Crippen LogP contribution is -2.57. The first-order valence-electron chi connectivity index (χ1n) is 35.3. The van der Waals surface area contributed by atoms with Gasteiger partial charge in [-0.2, -0.15) is 5.10 Å². The van der Waals surface area contributed by atoms with Crippen LogP contribution in [0.4, 0.5) is 15.7 Å². The summed E-state index contributed by atoms with van der Waals surface area (Å²) in [6.45, 7) is 13.2. The third-order valence-electron chi connectivity index (χ3n) is 19.7. The summed E-state index contributed by atoms with van der Waals surface area (Å²) in [5, 5.41) is 44.6. The zero-order valence-electron chi connectivity index (χ0n) is 60.2. The van der Waals surface area contributed by atoms with Crippen LogP contribution in [0.25, 0.3) is 21.3 Å². The number of carboxylic acid groups (broad SMARTS) is 2. The average molecular weight is 1470 g/mol. The van der Waals surface area contributed by atoms with Gasteiger partial charge in [-0.3, -0.25) is 38.9 Å². The fourth-order valence-corrected chi connectivity index (χ4v) is 16.9. The van der Waals surface area contributed by atoms with Crippen LogP contribution in [0.5, 0.6) is 17.2 Å². The van der Waals surface area contributed by atoms with Crippen LogP contribution in [0.1, 0.15) is 129 Å². The van der Waals surface area contributed by atoms with Crippen molar-refractivity contribution in [2.24, 2.45) is 16.2 Å². The van der Waals surface area contributed by atoms with Crippen molar-refractivity contribution in [3.8, 4) is 28.4 Å². The minimum Gasteiger partial charge on any atom is -0.496 e. The van der Waals surface area contributed by atoms with Gasteiger partial charge in [0.2, 0.25) is 18.1 Å². The number of nitrogens with one attached hydrogen (secondary N) is 3. The molecule has 6 atom stereocenters. The molecule has 0 radical (unpaired) electrons. The molecule has 2 aliphatic carbocycles. The Bertz CT molecular complexity index is 4200. The molecular weight excluding hydrogens is 1380 g/mol. The van der Waals surface area contributed by atoms with Crippen LogP contribution in [0.2, 0.25) is 0 Å². The number of benzene rings is 3. The highest BCUT2D eigenvalue weighted by Crippen LogP contribution is 2.63. The van der Waals surface area contributed by atoms with Gasteiger partial charge in [0, 0.05) is 137 Å². The number of rotatable bonds is 33. The highest BCUT2D eigenvalue weighted by Gasteiger charge is 2.58. The molecule has 6 aromatic rings. The van der Waals surface area contributed by atoms with E-state index in [-0.39, 0.29) is 150 Å². The topological polar surface area (TPSA) is 360 Å². The van der Waals surface area contributed by atoms with E-state index in [1.807, 2.05) is 46.8 Å². The number of nitrogens with zero attached hydrogens (tertiary/aromatic N) is 7. The number of pyridine rings is 1. The van der Waals surface area contributed by atoms with E-state index < -0.39 is 59.9 Å². The number of anilines is 2. The molecule has 3 aromatic carbocycles. The molecule has 11 rings (SSSR count). The number of carboxylic acids is 2. The number of aliphatic hydroxyl groups is 1. The Morgan fingerprint density at radius 3 is 2.32 bits per heavy atom. The van der Waals surface area contributed by atoms with E-state index in [2.05, 4.69) is 48.6 Å². The molecule has 6 N–H and O–H groups in total. The first-order chi connectivity index (χ1) is 50.2. The van der Waals surface area contributed by atoms with Crippen molar-refractivity contribution in [3.63, 3.8) is 0 Å². The van der Waals surface area contributed by atoms with Crippen LogP contribution < -0.4 is 35.1 Å². The van der Waals surface area contributed by atoms with Crippen LogP contribution in [0.15, 0.2) is 85.1 Å². The summed E-state index contributed by atoms with van der Waals surface area (Å²) in [5.41, 5.74) is 3.92. The van der Waals surface area contributed by atoms with Crippen molar-refractivity contribution in [2.45, 2.75) is 143 Å². The van der Waals surface area contributed by atoms with Gasteiger partial charge in [-0.1, -0.05) is 51.2 Å². The van der Waals surface area contributed by atoms with Gasteiger partial charge in [0.1, 0.15) is 36.3 Å². The van der Waals surface area contributed by atoms with E-state index in [0.29, 0.717) is 64.9 Å². The second kappa shape index (κ2) is 33.2. The molecular formula is C75H92N10O19S. The van der Waals surface area contributed by atoms with E-state index >= 15 is 0 Å². The molecule has 562 valence electrons. The summed E-state index contributed by atoms with van der Waals surface area (Å²) in [7, 11) is 3.14. The standard InChI is InChI=1S/C75H92N10O19S/c1-46-53(51-15-17-60(80-66(51)69(94)95)83-25-21-50-54(38-83)52(14-16-56(50)98-7)67(91)81-70-79-55-10-8-9-11-59(55)105-70)37-78-85(46)45-74(5)42-73(4)40-72(2,3)41-75(43-73,44-74)102-31-28-82(27-30-97-6)71(96)101-39-47-12-13-49(103-65-35-48(86)34-58(104-65)68(92)93)36-57(47)100-33-32-99-29-24-77-61(87)20-23-76-62(88)22-26-84-63(89)18-19-64(84)90/h8-19,36-37,48,58,65,86H,20-35,38-45H2,1-7H3,(H,76,88)(H,77,87)(H,92,93)(H,94,95)(H,79,81,91)/t48-,58-,65+,73?,74?,75?/m0/s1. The molecule has 105 heavy (non-hydrogen) atoms. The van der Waals surface area contributed by atoms with Crippen molar-refractivity contribution in [1.29, 1.82) is 0 Å². The number of carbonyl (C=O) groups excluding carboxylic acids is 6. The fraction of sp³-hybridized carbons (Fsp3) is 0.507. The monoisotopic (exact) mass is 1470 g/mol. The number of hydrogen-bond donors (Lipinski definition) is 6.